The number of carbonyl (C=O) groups is 1. The van der Waals surface area contributed by atoms with Crippen LogP contribution in [-0.4, -0.2) is 34.2 Å². The van der Waals surface area contributed by atoms with E-state index in [1.165, 1.54) is 13.2 Å². The van der Waals surface area contributed by atoms with Crippen LogP contribution in [0, 0.1) is 6.92 Å². The molecule has 0 unspecified atom stereocenters. The molecular weight excluding hydrogens is 400 g/mol. The van der Waals surface area contributed by atoms with Crippen LogP contribution in [0.15, 0.2) is 42.5 Å². The van der Waals surface area contributed by atoms with Crippen molar-refractivity contribution in [3.63, 3.8) is 0 Å². The molecule has 0 bridgehead atoms. The summed E-state index contributed by atoms with van der Waals surface area (Å²) in [5, 5.41) is 3.25. The van der Waals surface area contributed by atoms with Crippen molar-refractivity contribution in [2.75, 3.05) is 24.2 Å². The maximum atomic E-state index is 12.7. The van der Waals surface area contributed by atoms with Crippen molar-refractivity contribution in [3.8, 4) is 5.75 Å². The van der Waals surface area contributed by atoms with Crippen LogP contribution in [0.3, 0.4) is 0 Å². The zero-order chi connectivity index (χ0) is 20.9. The van der Waals surface area contributed by atoms with Gasteiger partial charge in [0.25, 0.3) is 0 Å². The van der Waals surface area contributed by atoms with Crippen molar-refractivity contribution in [1.29, 1.82) is 0 Å². The molecule has 0 radical (unpaired) electrons. The number of nitrogens with zero attached hydrogens (tertiary/aromatic N) is 1. The minimum absolute atomic E-state index is 0.212. The highest BCUT2D eigenvalue weighted by atomic mass is 35.5. The lowest BCUT2D eigenvalue weighted by molar-refractivity contribution is -0.120. The van der Waals surface area contributed by atoms with Crippen molar-refractivity contribution in [1.82, 2.24) is 5.32 Å². The molecule has 0 heterocycles. The Balaban J connectivity index is 2.26. The van der Waals surface area contributed by atoms with Crippen LogP contribution in [0.4, 0.5) is 5.69 Å². The molecule has 1 N–H and O–H groups in total. The predicted molar refractivity (Wildman–Crippen MR) is 113 cm³/mol. The van der Waals surface area contributed by atoms with E-state index in [0.717, 1.165) is 21.7 Å². The molecule has 0 saturated carbocycles. The fourth-order valence-corrected chi connectivity index (χ4v) is 3.85. The van der Waals surface area contributed by atoms with Gasteiger partial charge in [-0.3, -0.25) is 9.10 Å². The van der Waals surface area contributed by atoms with Crippen molar-refractivity contribution in [3.05, 3.63) is 58.6 Å². The first-order chi connectivity index (χ1) is 13.2. The summed E-state index contributed by atoms with van der Waals surface area (Å²) in [6.45, 7) is 3.57. The molecule has 2 aromatic rings. The minimum Gasteiger partial charge on any atom is -0.495 e. The molecule has 0 aromatic heterocycles. The van der Waals surface area contributed by atoms with Gasteiger partial charge in [-0.2, -0.15) is 0 Å². The summed E-state index contributed by atoms with van der Waals surface area (Å²) >= 11 is 6.03. The molecule has 0 fully saturated rings. The van der Waals surface area contributed by atoms with Crippen molar-refractivity contribution >= 4 is 33.2 Å². The Labute approximate surface area is 171 Å². The molecular formula is C20H25ClN2O4S. The number of aryl methyl sites for hydroxylation is 1. The molecule has 0 saturated heterocycles. The van der Waals surface area contributed by atoms with E-state index in [1.807, 2.05) is 38.1 Å². The quantitative estimate of drug-likeness (QED) is 0.701. The summed E-state index contributed by atoms with van der Waals surface area (Å²) < 4.78 is 31.0. The number of methoxy groups -OCH3 is 1. The van der Waals surface area contributed by atoms with Gasteiger partial charge in [0.2, 0.25) is 15.9 Å². The molecule has 28 heavy (non-hydrogen) atoms. The highest BCUT2D eigenvalue weighted by molar-refractivity contribution is 7.92. The second-order valence-corrected chi connectivity index (χ2v) is 8.87. The van der Waals surface area contributed by atoms with Gasteiger partial charge in [-0.15, -0.1) is 0 Å². The second-order valence-electron chi connectivity index (χ2n) is 6.52. The maximum Gasteiger partial charge on any atom is 0.241 e. The first-order valence-corrected chi connectivity index (χ1v) is 11.1. The smallest absolute Gasteiger partial charge is 0.241 e. The number of amides is 1. The van der Waals surface area contributed by atoms with Crippen LogP contribution < -0.4 is 14.4 Å². The summed E-state index contributed by atoms with van der Waals surface area (Å²) in [5.74, 6) is -0.104. The summed E-state index contributed by atoms with van der Waals surface area (Å²) in [7, 11) is -2.31. The maximum absolute atomic E-state index is 12.7. The Bertz CT molecular complexity index is 930. The van der Waals surface area contributed by atoms with E-state index in [4.69, 9.17) is 16.3 Å². The van der Waals surface area contributed by atoms with Gasteiger partial charge in [0.15, 0.2) is 0 Å². The number of carbonyl (C=O) groups excluding carboxylic acids is 1. The molecule has 1 amide bonds. The number of rotatable bonds is 8. The van der Waals surface area contributed by atoms with Crippen molar-refractivity contribution < 1.29 is 17.9 Å². The summed E-state index contributed by atoms with van der Waals surface area (Å²) in [6, 6.07) is 12.3. The van der Waals surface area contributed by atoms with Crippen LogP contribution in [-0.2, 0) is 14.8 Å². The highest BCUT2D eigenvalue weighted by Crippen LogP contribution is 2.32. The zero-order valence-electron chi connectivity index (χ0n) is 16.4. The van der Waals surface area contributed by atoms with Crippen molar-refractivity contribution in [2.24, 2.45) is 0 Å². The summed E-state index contributed by atoms with van der Waals surface area (Å²) in [4.78, 5) is 12.7. The number of hydrogen-bond donors (Lipinski definition) is 1. The highest BCUT2D eigenvalue weighted by Gasteiger charge is 2.25. The molecule has 6 nitrogen and oxygen atoms in total. The lowest BCUT2D eigenvalue weighted by Crippen LogP contribution is -2.41. The normalized spacial score (nSPS) is 12.3. The topological polar surface area (TPSA) is 75.7 Å². The predicted octanol–water partition coefficient (Wildman–Crippen LogP) is 3.69. The molecule has 8 heteroatoms. The SMILES string of the molecule is CC[C@@H](NC(=O)CN(c1cc(Cl)ccc1OC)S(C)(=O)=O)c1ccc(C)cc1. The third-order valence-corrected chi connectivity index (χ3v) is 5.68. The lowest BCUT2D eigenvalue weighted by atomic mass is 10.0. The lowest BCUT2D eigenvalue weighted by Gasteiger charge is -2.25. The molecule has 2 rings (SSSR count). The standard InChI is InChI=1S/C20H25ClN2O4S/c1-5-17(15-8-6-14(2)7-9-15)22-20(24)13-23(28(4,25)26)18-12-16(21)10-11-19(18)27-3/h6-12,17H,5,13H2,1-4H3,(H,22,24)/t17-/m1/s1. The Kier molecular flexibility index (Phi) is 7.32. The van der Waals surface area contributed by atoms with Gasteiger partial charge in [-0.05, 0) is 37.1 Å². The molecule has 1 atom stereocenters. The molecule has 0 aliphatic rings. The second kappa shape index (κ2) is 9.30. The number of nitrogens with one attached hydrogen (secondary N) is 1. The average Bonchev–Trinajstić information content (AvgIpc) is 2.64. The van der Waals surface area contributed by atoms with E-state index in [0.29, 0.717) is 17.2 Å². The molecule has 2 aromatic carbocycles. The van der Waals surface area contributed by atoms with Gasteiger partial charge in [0, 0.05) is 5.02 Å². The fourth-order valence-electron chi connectivity index (χ4n) is 2.83. The largest absolute Gasteiger partial charge is 0.495 e. The summed E-state index contributed by atoms with van der Waals surface area (Å²) in [5.41, 5.74) is 2.31. The Hall–Kier alpha value is -2.25. The summed E-state index contributed by atoms with van der Waals surface area (Å²) in [6.07, 6.45) is 1.71. The molecule has 0 aliphatic heterocycles. The molecule has 0 aliphatic carbocycles. The third-order valence-electron chi connectivity index (χ3n) is 4.32. The number of sulfonamides is 1. The van der Waals surface area contributed by atoms with Gasteiger partial charge in [0.1, 0.15) is 12.3 Å². The first kappa shape index (κ1) is 22.0. The van der Waals surface area contributed by atoms with Gasteiger partial charge in [-0.25, -0.2) is 8.42 Å². The van der Waals surface area contributed by atoms with Crippen molar-refractivity contribution in [2.45, 2.75) is 26.3 Å². The van der Waals surface area contributed by atoms with Crippen LogP contribution in [0.1, 0.15) is 30.5 Å². The van der Waals surface area contributed by atoms with E-state index in [-0.39, 0.29) is 18.3 Å². The van der Waals surface area contributed by atoms with E-state index in [1.54, 1.807) is 12.1 Å². The first-order valence-electron chi connectivity index (χ1n) is 8.83. The number of ether oxygens (including phenoxy) is 1. The zero-order valence-corrected chi connectivity index (χ0v) is 18.0. The third kappa shape index (κ3) is 5.62. The number of halogens is 1. The van der Waals surface area contributed by atoms with E-state index >= 15 is 0 Å². The molecule has 152 valence electrons. The van der Waals surface area contributed by atoms with Crippen LogP contribution in [0.2, 0.25) is 5.02 Å². The Morgan fingerprint density at radius 1 is 1.21 bits per heavy atom. The van der Waals surface area contributed by atoms with Crippen LogP contribution >= 0.6 is 11.6 Å². The van der Waals surface area contributed by atoms with E-state index in [2.05, 4.69) is 5.32 Å². The van der Waals surface area contributed by atoms with E-state index in [9.17, 15) is 13.2 Å². The van der Waals surface area contributed by atoms with Gasteiger partial charge in [-0.1, -0.05) is 48.4 Å². The number of hydrogen-bond acceptors (Lipinski definition) is 4. The van der Waals surface area contributed by atoms with Gasteiger partial charge < -0.3 is 10.1 Å². The number of anilines is 1. The number of benzene rings is 2. The monoisotopic (exact) mass is 424 g/mol. The fraction of sp³-hybridized carbons (Fsp3) is 0.350. The van der Waals surface area contributed by atoms with Gasteiger partial charge in [0.05, 0.1) is 25.1 Å². The average molecular weight is 425 g/mol. The molecule has 0 spiro atoms. The van der Waals surface area contributed by atoms with Crippen LogP contribution in [0.25, 0.3) is 0 Å². The van der Waals surface area contributed by atoms with Gasteiger partial charge >= 0.3 is 0 Å². The Morgan fingerprint density at radius 2 is 1.86 bits per heavy atom. The minimum atomic E-state index is -3.74. The Morgan fingerprint density at radius 3 is 2.39 bits per heavy atom. The van der Waals surface area contributed by atoms with E-state index < -0.39 is 15.9 Å². The van der Waals surface area contributed by atoms with Crippen LogP contribution in [0.5, 0.6) is 5.75 Å².